The smallest absolute Gasteiger partial charge is 0.306 e. The predicted octanol–water partition coefficient (Wildman–Crippen LogP) is 5.87. The molecule has 0 saturated heterocycles. The van der Waals surface area contributed by atoms with Crippen LogP contribution in [0, 0.1) is 34.5 Å². The highest BCUT2D eigenvalue weighted by Gasteiger charge is 2.59. The lowest BCUT2D eigenvalue weighted by molar-refractivity contribution is -0.160. The number of fused-ring (bicyclic) bond motifs is 5. The van der Waals surface area contributed by atoms with Gasteiger partial charge in [0.05, 0.1) is 0 Å². The van der Waals surface area contributed by atoms with Crippen LogP contribution in [0.3, 0.4) is 0 Å². The van der Waals surface area contributed by atoms with Crippen LogP contribution in [0.15, 0.2) is 11.6 Å². The number of carbonyl (C=O) groups excluding carboxylic acids is 2. The first-order valence-electron chi connectivity index (χ1n) is 12.9. The molecular weight excluding hydrogens is 348 g/mol. The van der Waals surface area contributed by atoms with Crippen molar-refractivity contribution in [3.63, 3.8) is 0 Å². The van der Waals surface area contributed by atoms with Gasteiger partial charge in [-0.25, -0.2) is 0 Å². The van der Waals surface area contributed by atoms with E-state index in [0.29, 0.717) is 37.0 Å². The van der Waals surface area contributed by atoms with E-state index in [1.54, 1.807) is 6.08 Å². The monoisotopic (exact) mass is 389 g/mol. The van der Waals surface area contributed by atoms with Crippen molar-refractivity contribution in [2.24, 2.45) is 34.5 Å². The number of esters is 1. The summed E-state index contributed by atoms with van der Waals surface area (Å²) in [6, 6.07) is 0. The number of ketones is 1. The summed E-state index contributed by atoms with van der Waals surface area (Å²) in [5.41, 5.74) is -0.00345. The highest BCUT2D eigenvalue weighted by molar-refractivity contribution is 5.91. The Kier molecular flexibility index (Phi) is 4.34. The van der Waals surface area contributed by atoms with E-state index >= 15 is 0 Å². The minimum atomic E-state index is -2.09. The number of ether oxygens (including phenoxy) is 1. The van der Waals surface area contributed by atoms with Gasteiger partial charge >= 0.3 is 5.97 Å². The van der Waals surface area contributed by atoms with Crippen molar-refractivity contribution in [2.45, 2.75) is 97.9 Å². The van der Waals surface area contributed by atoms with E-state index < -0.39 is 12.3 Å². The second-order valence-corrected chi connectivity index (χ2v) is 10.6. The molecule has 4 aliphatic rings. The van der Waals surface area contributed by atoms with E-state index in [2.05, 4.69) is 20.8 Å². The van der Waals surface area contributed by atoms with Gasteiger partial charge < -0.3 is 4.74 Å². The topological polar surface area (TPSA) is 43.4 Å². The first kappa shape index (κ1) is 16.7. The quantitative estimate of drug-likeness (QED) is 0.565. The van der Waals surface area contributed by atoms with Crippen molar-refractivity contribution in [2.75, 3.05) is 0 Å². The molecule has 0 N–H and O–H groups in total. The van der Waals surface area contributed by atoms with Crippen LogP contribution in [0.25, 0.3) is 0 Å². The molecule has 28 heavy (non-hydrogen) atoms. The average molecular weight is 390 g/mol. The molecule has 4 rings (SSSR count). The molecule has 4 aliphatic carbocycles. The average Bonchev–Trinajstić information content (AvgIpc) is 3.01. The number of allylic oxidation sites excluding steroid dienone is 1. The maximum Gasteiger partial charge on any atom is 0.306 e. The highest BCUT2D eigenvalue weighted by atomic mass is 16.5. The zero-order valence-electron chi connectivity index (χ0n) is 20.8. The lowest BCUT2D eigenvalue weighted by atomic mass is 9.47. The molecule has 3 nitrogen and oxygen atoms in total. The van der Waals surface area contributed by atoms with Gasteiger partial charge in [0.15, 0.2) is 5.78 Å². The van der Waals surface area contributed by atoms with Gasteiger partial charge in [-0.2, -0.15) is 0 Å². The lowest BCUT2D eigenvalue weighted by Crippen LogP contribution is -2.51. The zero-order valence-corrected chi connectivity index (χ0v) is 17.8. The van der Waals surface area contributed by atoms with Crippen LogP contribution >= 0.6 is 0 Å². The van der Waals surface area contributed by atoms with Crippen LogP contribution in [-0.4, -0.2) is 17.9 Å². The predicted molar refractivity (Wildman–Crippen MR) is 111 cm³/mol. The first-order valence-corrected chi connectivity index (χ1v) is 11.4. The van der Waals surface area contributed by atoms with Crippen LogP contribution in [0.4, 0.5) is 0 Å². The number of rotatable bonds is 4. The summed E-state index contributed by atoms with van der Waals surface area (Å²) in [5.74, 6) is 1.32. The lowest BCUT2D eigenvalue weighted by Gasteiger charge is -2.57. The van der Waals surface area contributed by atoms with Crippen molar-refractivity contribution in [1.82, 2.24) is 0 Å². The van der Waals surface area contributed by atoms with Gasteiger partial charge in [0, 0.05) is 22.4 Å². The van der Waals surface area contributed by atoms with Crippen LogP contribution in [-0.2, 0) is 14.3 Å². The van der Waals surface area contributed by atoms with Gasteiger partial charge in [-0.15, -0.1) is 0 Å². The van der Waals surface area contributed by atoms with Gasteiger partial charge in [-0.05, 0) is 86.5 Å². The summed E-state index contributed by atoms with van der Waals surface area (Å²) in [7, 11) is 0. The van der Waals surface area contributed by atoms with Crippen LogP contribution < -0.4 is 0 Å². The Morgan fingerprint density at radius 1 is 1.21 bits per heavy atom. The fraction of sp³-hybridized carbons (Fsp3) is 0.840. The molecule has 0 aromatic rings. The SMILES string of the molecule is [2H]C([2H])([2H])[C@]12CCC(=O)C=C1CC[C@H]1[C@@H]3CC[C@H](OC(=O)CCC(C)C)[C@@]3(C)CC[C@@H]12. The van der Waals surface area contributed by atoms with E-state index in [1.165, 1.54) is 0 Å². The summed E-state index contributed by atoms with van der Waals surface area (Å²) in [5, 5.41) is 0. The Hall–Kier alpha value is -1.12. The Morgan fingerprint density at radius 3 is 2.79 bits per heavy atom. The zero-order chi connectivity index (χ0) is 22.6. The van der Waals surface area contributed by atoms with Crippen LogP contribution in [0.1, 0.15) is 95.9 Å². The molecule has 0 aromatic carbocycles. The van der Waals surface area contributed by atoms with Crippen LogP contribution in [0.2, 0.25) is 0 Å². The Bertz CT molecular complexity index is 770. The third-order valence-corrected chi connectivity index (χ3v) is 8.60. The molecule has 0 bridgehead atoms. The first-order chi connectivity index (χ1) is 14.5. The summed E-state index contributed by atoms with van der Waals surface area (Å²) in [4.78, 5) is 24.6. The fourth-order valence-corrected chi connectivity index (χ4v) is 6.99. The van der Waals surface area contributed by atoms with Crippen LogP contribution in [0.5, 0.6) is 0 Å². The summed E-state index contributed by atoms with van der Waals surface area (Å²) in [6.07, 6.45) is 9.09. The number of hydrogen-bond acceptors (Lipinski definition) is 3. The molecule has 6 atom stereocenters. The van der Waals surface area contributed by atoms with E-state index in [9.17, 15) is 9.59 Å². The number of carbonyl (C=O) groups is 2. The third kappa shape index (κ3) is 3.27. The summed E-state index contributed by atoms with van der Waals surface area (Å²) >= 11 is 0. The van der Waals surface area contributed by atoms with E-state index in [0.717, 1.165) is 50.5 Å². The minimum absolute atomic E-state index is 0.0494. The van der Waals surface area contributed by atoms with Crippen molar-refractivity contribution < 1.29 is 18.4 Å². The molecule has 0 unspecified atom stereocenters. The second kappa shape index (κ2) is 7.29. The highest BCUT2D eigenvalue weighted by Crippen LogP contribution is 2.65. The van der Waals surface area contributed by atoms with E-state index in [1.807, 2.05) is 0 Å². The summed E-state index contributed by atoms with van der Waals surface area (Å²) < 4.78 is 31.5. The Labute approximate surface area is 174 Å². The molecule has 0 aliphatic heterocycles. The second-order valence-electron chi connectivity index (χ2n) is 10.6. The van der Waals surface area contributed by atoms with Crippen molar-refractivity contribution in [3.05, 3.63) is 11.6 Å². The molecule has 0 spiro atoms. The Morgan fingerprint density at radius 2 is 2.04 bits per heavy atom. The van der Waals surface area contributed by atoms with E-state index in [-0.39, 0.29) is 29.2 Å². The maximum absolute atomic E-state index is 12.5. The summed E-state index contributed by atoms with van der Waals surface area (Å²) in [6.45, 7) is 4.43. The van der Waals surface area contributed by atoms with E-state index in [4.69, 9.17) is 8.85 Å². The molecule has 3 heteroatoms. The molecule has 156 valence electrons. The number of hydrogen-bond donors (Lipinski definition) is 0. The van der Waals surface area contributed by atoms with Crippen molar-refractivity contribution >= 4 is 11.8 Å². The molecule has 3 saturated carbocycles. The van der Waals surface area contributed by atoms with Crippen molar-refractivity contribution in [1.29, 1.82) is 0 Å². The minimum Gasteiger partial charge on any atom is -0.462 e. The van der Waals surface area contributed by atoms with Gasteiger partial charge in [0.1, 0.15) is 6.10 Å². The fourth-order valence-electron chi connectivity index (χ4n) is 6.99. The van der Waals surface area contributed by atoms with Gasteiger partial charge in [0.2, 0.25) is 0 Å². The van der Waals surface area contributed by atoms with Gasteiger partial charge in [0.25, 0.3) is 0 Å². The maximum atomic E-state index is 12.5. The third-order valence-electron chi connectivity index (χ3n) is 8.60. The largest absolute Gasteiger partial charge is 0.462 e. The van der Waals surface area contributed by atoms with Crippen molar-refractivity contribution in [3.8, 4) is 0 Å². The molecule has 0 heterocycles. The molecule has 0 amide bonds. The molecular formula is C25H38O3. The molecule has 0 aromatic heterocycles. The Balaban J connectivity index is 1.57. The normalized spacial score (nSPS) is 44.5. The standard InChI is InChI=1S/C25H38O3/c1-16(2)5-10-23(27)28-22-9-8-20-19-7-6-17-15-18(26)11-13-24(17,3)21(19)12-14-25(20,22)4/h15-16,19-22H,5-14H2,1-4H3/t19-,20-,21-,22-,24-,25-/m0/s1/i3D3. The van der Waals surface area contributed by atoms with Gasteiger partial charge in [-0.3, -0.25) is 9.59 Å². The van der Waals surface area contributed by atoms with Gasteiger partial charge in [-0.1, -0.05) is 33.2 Å². The molecule has 3 fully saturated rings. The molecule has 0 radical (unpaired) electrons.